The number of aliphatic hydroxyl groups is 1. The lowest BCUT2D eigenvalue weighted by atomic mass is 10.1. The standard InChI is InChI=1S/C10H17F2N3O/c1-7(2)3-4-9-8(6-16)13-14-15(9)5-10(11)12/h7,10,16H,3-6H2,1-2H3. The third-order valence-corrected chi connectivity index (χ3v) is 2.34. The SMILES string of the molecule is CC(C)CCc1c(CO)nnn1CC(F)F. The van der Waals surface area contributed by atoms with Gasteiger partial charge in [0.1, 0.15) is 12.2 Å². The summed E-state index contributed by atoms with van der Waals surface area (Å²) >= 11 is 0. The Morgan fingerprint density at radius 3 is 2.56 bits per heavy atom. The number of aromatic nitrogens is 3. The molecule has 0 bridgehead atoms. The van der Waals surface area contributed by atoms with Crippen LogP contribution in [0.4, 0.5) is 8.78 Å². The van der Waals surface area contributed by atoms with E-state index < -0.39 is 13.0 Å². The van der Waals surface area contributed by atoms with Crippen LogP contribution in [-0.4, -0.2) is 26.5 Å². The molecule has 0 fully saturated rings. The van der Waals surface area contributed by atoms with Crippen LogP contribution in [0.1, 0.15) is 31.7 Å². The van der Waals surface area contributed by atoms with Gasteiger partial charge >= 0.3 is 0 Å². The monoisotopic (exact) mass is 233 g/mol. The van der Waals surface area contributed by atoms with Gasteiger partial charge in [0.15, 0.2) is 0 Å². The molecule has 0 spiro atoms. The molecule has 92 valence electrons. The summed E-state index contributed by atoms with van der Waals surface area (Å²) in [6.45, 7) is 3.40. The molecule has 0 saturated heterocycles. The predicted molar refractivity (Wildman–Crippen MR) is 55.1 cm³/mol. The highest BCUT2D eigenvalue weighted by atomic mass is 19.3. The van der Waals surface area contributed by atoms with Gasteiger partial charge in [0.25, 0.3) is 6.43 Å². The molecule has 1 heterocycles. The minimum absolute atomic E-state index is 0.253. The van der Waals surface area contributed by atoms with Crippen molar-refractivity contribution in [3.05, 3.63) is 11.4 Å². The predicted octanol–water partition coefficient (Wildman–Crippen LogP) is 1.62. The molecule has 0 aliphatic carbocycles. The second-order valence-corrected chi connectivity index (χ2v) is 4.15. The largest absolute Gasteiger partial charge is 0.390 e. The molecular weight excluding hydrogens is 216 g/mol. The zero-order valence-corrected chi connectivity index (χ0v) is 9.53. The normalized spacial score (nSPS) is 11.7. The van der Waals surface area contributed by atoms with Crippen molar-refractivity contribution in [3.8, 4) is 0 Å². The Bertz CT molecular complexity index is 326. The molecule has 1 aromatic heterocycles. The lowest BCUT2D eigenvalue weighted by Gasteiger charge is -2.08. The van der Waals surface area contributed by atoms with Crippen LogP contribution < -0.4 is 0 Å². The van der Waals surface area contributed by atoms with Crippen LogP contribution in [0.15, 0.2) is 0 Å². The highest BCUT2D eigenvalue weighted by molar-refractivity contribution is 5.09. The van der Waals surface area contributed by atoms with Crippen molar-refractivity contribution in [2.45, 2.75) is 46.3 Å². The van der Waals surface area contributed by atoms with Crippen LogP contribution in [0, 0.1) is 5.92 Å². The van der Waals surface area contributed by atoms with E-state index in [1.54, 1.807) is 0 Å². The van der Waals surface area contributed by atoms with E-state index in [9.17, 15) is 8.78 Å². The maximum atomic E-state index is 12.3. The minimum Gasteiger partial charge on any atom is -0.390 e. The van der Waals surface area contributed by atoms with Crippen LogP contribution in [0.25, 0.3) is 0 Å². The van der Waals surface area contributed by atoms with E-state index in [4.69, 9.17) is 5.11 Å². The number of alkyl halides is 2. The van der Waals surface area contributed by atoms with Crippen LogP contribution in [0.3, 0.4) is 0 Å². The lowest BCUT2D eigenvalue weighted by molar-refractivity contribution is 0.119. The summed E-state index contributed by atoms with van der Waals surface area (Å²) in [5.41, 5.74) is 1.03. The van der Waals surface area contributed by atoms with Gasteiger partial charge in [-0.05, 0) is 18.8 Å². The van der Waals surface area contributed by atoms with Gasteiger partial charge in [-0.15, -0.1) is 5.10 Å². The summed E-state index contributed by atoms with van der Waals surface area (Å²) in [7, 11) is 0. The van der Waals surface area contributed by atoms with E-state index in [0.29, 0.717) is 23.7 Å². The molecule has 0 atom stereocenters. The highest BCUT2D eigenvalue weighted by Gasteiger charge is 2.15. The topological polar surface area (TPSA) is 50.9 Å². The molecule has 0 amide bonds. The van der Waals surface area contributed by atoms with E-state index >= 15 is 0 Å². The molecule has 0 aromatic carbocycles. The average Bonchev–Trinajstić information content (AvgIpc) is 2.56. The fourth-order valence-corrected chi connectivity index (χ4v) is 1.47. The van der Waals surface area contributed by atoms with Crippen molar-refractivity contribution in [3.63, 3.8) is 0 Å². The van der Waals surface area contributed by atoms with Crippen molar-refractivity contribution in [2.75, 3.05) is 0 Å². The van der Waals surface area contributed by atoms with E-state index in [-0.39, 0.29) is 6.61 Å². The molecule has 0 aliphatic heterocycles. The molecule has 0 unspecified atom stereocenters. The molecule has 0 radical (unpaired) electrons. The molecule has 16 heavy (non-hydrogen) atoms. The fourth-order valence-electron chi connectivity index (χ4n) is 1.47. The Morgan fingerprint density at radius 1 is 1.38 bits per heavy atom. The summed E-state index contributed by atoms with van der Waals surface area (Å²) in [4.78, 5) is 0. The Morgan fingerprint density at radius 2 is 2.06 bits per heavy atom. The summed E-state index contributed by atoms with van der Waals surface area (Å²) in [5.74, 6) is 0.474. The van der Waals surface area contributed by atoms with E-state index in [1.807, 2.05) is 0 Å². The average molecular weight is 233 g/mol. The second-order valence-electron chi connectivity index (χ2n) is 4.15. The summed E-state index contributed by atoms with van der Waals surface area (Å²) in [5, 5.41) is 16.4. The Labute approximate surface area is 93.3 Å². The molecule has 1 aromatic rings. The molecule has 1 rings (SSSR count). The van der Waals surface area contributed by atoms with Gasteiger partial charge in [-0.25, -0.2) is 13.5 Å². The summed E-state index contributed by atoms with van der Waals surface area (Å²) < 4.78 is 25.7. The first-order chi connectivity index (χ1) is 7.54. The van der Waals surface area contributed by atoms with Crippen LogP contribution in [0.2, 0.25) is 0 Å². The quantitative estimate of drug-likeness (QED) is 0.812. The van der Waals surface area contributed by atoms with Crippen molar-refractivity contribution in [2.24, 2.45) is 5.92 Å². The highest BCUT2D eigenvalue weighted by Crippen LogP contribution is 2.13. The van der Waals surface area contributed by atoms with E-state index in [2.05, 4.69) is 24.2 Å². The lowest BCUT2D eigenvalue weighted by Crippen LogP contribution is -2.13. The fraction of sp³-hybridized carbons (Fsp3) is 0.800. The van der Waals surface area contributed by atoms with Crippen molar-refractivity contribution >= 4 is 0 Å². The van der Waals surface area contributed by atoms with Crippen LogP contribution in [0.5, 0.6) is 0 Å². The zero-order valence-electron chi connectivity index (χ0n) is 9.53. The zero-order chi connectivity index (χ0) is 12.1. The number of aliphatic hydroxyl groups excluding tert-OH is 1. The first-order valence-electron chi connectivity index (χ1n) is 5.34. The first-order valence-corrected chi connectivity index (χ1v) is 5.34. The van der Waals surface area contributed by atoms with Crippen molar-refractivity contribution in [1.82, 2.24) is 15.0 Å². The molecular formula is C10H17F2N3O. The van der Waals surface area contributed by atoms with Gasteiger partial charge in [-0.2, -0.15) is 0 Å². The molecule has 0 aliphatic rings. The summed E-state index contributed by atoms with van der Waals surface area (Å²) in [6.07, 6.45) is -0.970. The van der Waals surface area contributed by atoms with Crippen LogP contribution >= 0.6 is 0 Å². The Hall–Kier alpha value is -1.04. The maximum Gasteiger partial charge on any atom is 0.257 e. The minimum atomic E-state index is -2.45. The number of hydrogen-bond acceptors (Lipinski definition) is 3. The number of halogens is 2. The van der Waals surface area contributed by atoms with E-state index in [1.165, 1.54) is 4.68 Å². The van der Waals surface area contributed by atoms with Crippen LogP contribution in [-0.2, 0) is 19.6 Å². The molecule has 4 nitrogen and oxygen atoms in total. The van der Waals surface area contributed by atoms with Gasteiger partial charge in [-0.3, -0.25) is 0 Å². The third-order valence-electron chi connectivity index (χ3n) is 2.34. The summed E-state index contributed by atoms with van der Waals surface area (Å²) in [6, 6.07) is 0. The molecule has 0 saturated carbocycles. The maximum absolute atomic E-state index is 12.3. The van der Waals surface area contributed by atoms with Gasteiger partial charge in [-0.1, -0.05) is 19.1 Å². The van der Waals surface area contributed by atoms with Crippen molar-refractivity contribution < 1.29 is 13.9 Å². The molecule has 6 heteroatoms. The first kappa shape index (κ1) is 13.0. The second kappa shape index (κ2) is 5.89. The Balaban J connectivity index is 2.79. The van der Waals surface area contributed by atoms with E-state index in [0.717, 1.165) is 6.42 Å². The van der Waals surface area contributed by atoms with Gasteiger partial charge < -0.3 is 5.11 Å². The number of nitrogens with zero attached hydrogens (tertiary/aromatic N) is 3. The third kappa shape index (κ3) is 3.52. The van der Waals surface area contributed by atoms with Gasteiger partial charge in [0.05, 0.1) is 12.3 Å². The molecule has 1 N–H and O–H groups in total. The number of hydrogen-bond donors (Lipinski definition) is 1. The number of rotatable bonds is 6. The van der Waals surface area contributed by atoms with Crippen molar-refractivity contribution in [1.29, 1.82) is 0 Å². The Kier molecular flexibility index (Phi) is 4.79. The van der Waals surface area contributed by atoms with Gasteiger partial charge in [0, 0.05) is 0 Å². The van der Waals surface area contributed by atoms with Gasteiger partial charge in [0.2, 0.25) is 0 Å². The smallest absolute Gasteiger partial charge is 0.257 e.